The van der Waals surface area contributed by atoms with E-state index in [2.05, 4.69) is 41.7 Å². The Bertz CT molecular complexity index is 767. The van der Waals surface area contributed by atoms with Crippen molar-refractivity contribution in [3.8, 4) is 0 Å². The maximum atomic E-state index is 11.7. The lowest BCUT2D eigenvalue weighted by molar-refractivity contribution is 0.0528. The summed E-state index contributed by atoms with van der Waals surface area (Å²) in [6.07, 6.45) is 6.93. The van der Waals surface area contributed by atoms with Crippen molar-refractivity contribution in [2.45, 2.75) is 59.5 Å². The van der Waals surface area contributed by atoms with E-state index in [0.717, 1.165) is 43.9 Å². The van der Waals surface area contributed by atoms with E-state index in [4.69, 9.17) is 9.72 Å². The molecule has 0 radical (unpaired) electrons. The van der Waals surface area contributed by atoms with E-state index in [9.17, 15) is 4.79 Å². The maximum Gasteiger partial charge on any atom is 0.407 e. The van der Waals surface area contributed by atoms with Crippen LogP contribution in [-0.2, 0) is 4.74 Å². The Kier molecular flexibility index (Phi) is 8.69. The molecule has 7 nitrogen and oxygen atoms in total. The van der Waals surface area contributed by atoms with Crippen molar-refractivity contribution in [2.24, 2.45) is 11.0 Å². The van der Waals surface area contributed by atoms with Crippen molar-refractivity contribution in [1.82, 2.24) is 15.3 Å². The van der Waals surface area contributed by atoms with Crippen LogP contribution in [0.4, 0.5) is 10.6 Å². The monoisotopic (exact) mass is 415 g/mol. The summed E-state index contributed by atoms with van der Waals surface area (Å²) in [5.74, 6) is 1.15. The molecule has 7 heteroatoms. The second-order valence-electron chi connectivity index (χ2n) is 8.70. The average Bonchev–Trinajstić information content (AvgIpc) is 3.08. The molecule has 0 spiro atoms. The minimum absolute atomic E-state index is 0.305. The minimum Gasteiger partial charge on any atom is -0.444 e. The molecule has 0 bridgehead atoms. The number of carbonyl (C=O) groups is 1. The van der Waals surface area contributed by atoms with Gasteiger partial charge in [0.2, 0.25) is 0 Å². The van der Waals surface area contributed by atoms with Gasteiger partial charge in [0.1, 0.15) is 11.4 Å². The number of allylic oxidation sites excluding steroid dienone is 1. The van der Waals surface area contributed by atoms with Crippen LogP contribution in [0.25, 0.3) is 5.57 Å². The normalized spacial score (nSPS) is 16.7. The number of rotatable bonds is 9. The van der Waals surface area contributed by atoms with Crippen molar-refractivity contribution < 1.29 is 9.53 Å². The smallest absolute Gasteiger partial charge is 0.407 e. The molecular formula is C23H37N5O2. The van der Waals surface area contributed by atoms with Crippen LogP contribution in [0.5, 0.6) is 0 Å². The van der Waals surface area contributed by atoms with Crippen molar-refractivity contribution in [2.75, 3.05) is 32.0 Å². The Morgan fingerprint density at radius 1 is 1.33 bits per heavy atom. The van der Waals surface area contributed by atoms with Gasteiger partial charge in [-0.25, -0.2) is 9.78 Å². The lowest BCUT2D eigenvalue weighted by Crippen LogP contribution is -2.33. The third-order valence-electron chi connectivity index (χ3n) is 4.68. The SMILES string of the molecule is CCC/C=C(\c1ccc(NCCCNC(=O)OC(C)(C)C)nc1C)C1C=NN(C)C1. The molecule has 1 atom stereocenters. The first kappa shape index (κ1) is 23.7. The van der Waals surface area contributed by atoms with E-state index in [1.807, 2.05) is 45.1 Å². The summed E-state index contributed by atoms with van der Waals surface area (Å²) in [5, 5.41) is 12.5. The summed E-state index contributed by atoms with van der Waals surface area (Å²) in [4.78, 5) is 16.4. The van der Waals surface area contributed by atoms with Gasteiger partial charge in [-0.05, 0) is 63.8 Å². The molecule has 1 aromatic heterocycles. The Morgan fingerprint density at radius 2 is 2.10 bits per heavy atom. The molecule has 1 aromatic rings. The van der Waals surface area contributed by atoms with E-state index >= 15 is 0 Å². The van der Waals surface area contributed by atoms with Crippen LogP contribution < -0.4 is 10.6 Å². The number of nitrogens with zero attached hydrogens (tertiary/aromatic N) is 3. The van der Waals surface area contributed by atoms with Crippen LogP contribution in [0.2, 0.25) is 0 Å². The van der Waals surface area contributed by atoms with Gasteiger partial charge in [-0.2, -0.15) is 5.10 Å². The number of amides is 1. The number of hydrogen-bond acceptors (Lipinski definition) is 6. The van der Waals surface area contributed by atoms with Crippen LogP contribution in [0.1, 0.15) is 58.2 Å². The standard InChI is InChI=1S/C23H37N5O2/c1-7-8-10-20(18-15-26-28(6)16-18)19-11-12-21(27-17(19)2)24-13-9-14-25-22(29)30-23(3,4)5/h10-12,15,18H,7-9,13-14,16H2,1-6H3,(H,24,27)(H,25,29)/b20-10-. The number of anilines is 1. The van der Waals surface area contributed by atoms with Gasteiger partial charge in [0.25, 0.3) is 0 Å². The minimum atomic E-state index is -0.476. The molecule has 0 saturated carbocycles. The van der Waals surface area contributed by atoms with E-state index in [0.29, 0.717) is 12.5 Å². The molecule has 166 valence electrons. The molecule has 2 rings (SSSR count). The van der Waals surface area contributed by atoms with Crippen LogP contribution >= 0.6 is 0 Å². The quantitative estimate of drug-likeness (QED) is 0.583. The fourth-order valence-corrected chi connectivity index (χ4v) is 3.29. The number of hydrazone groups is 1. The first-order valence-electron chi connectivity index (χ1n) is 10.8. The van der Waals surface area contributed by atoms with Crippen LogP contribution in [0.3, 0.4) is 0 Å². The highest BCUT2D eigenvalue weighted by Crippen LogP contribution is 2.29. The summed E-state index contributed by atoms with van der Waals surface area (Å²) in [7, 11) is 2.00. The molecule has 0 saturated heterocycles. The molecular weight excluding hydrogens is 378 g/mol. The number of carbonyl (C=O) groups excluding carboxylic acids is 1. The first-order valence-corrected chi connectivity index (χ1v) is 10.8. The zero-order valence-corrected chi connectivity index (χ0v) is 19.3. The van der Waals surface area contributed by atoms with Gasteiger partial charge in [-0.15, -0.1) is 0 Å². The molecule has 2 N–H and O–H groups in total. The van der Waals surface area contributed by atoms with Crippen molar-refractivity contribution in [3.05, 3.63) is 29.5 Å². The fraction of sp³-hybridized carbons (Fsp3) is 0.609. The largest absolute Gasteiger partial charge is 0.444 e. The predicted molar refractivity (Wildman–Crippen MR) is 124 cm³/mol. The van der Waals surface area contributed by atoms with Gasteiger partial charge in [0.15, 0.2) is 0 Å². The van der Waals surface area contributed by atoms with Gasteiger partial charge < -0.3 is 15.4 Å². The van der Waals surface area contributed by atoms with E-state index in [-0.39, 0.29) is 6.09 Å². The Labute approximate surface area is 181 Å². The lowest BCUT2D eigenvalue weighted by atomic mass is 9.91. The highest BCUT2D eigenvalue weighted by Gasteiger charge is 2.22. The zero-order chi connectivity index (χ0) is 22.1. The molecule has 1 amide bonds. The number of alkyl carbamates (subject to hydrolysis) is 1. The molecule has 1 unspecified atom stereocenters. The molecule has 1 aliphatic heterocycles. The molecule has 30 heavy (non-hydrogen) atoms. The number of pyridine rings is 1. The van der Waals surface area contributed by atoms with E-state index < -0.39 is 5.60 Å². The lowest BCUT2D eigenvalue weighted by Gasteiger charge is -2.19. The predicted octanol–water partition coefficient (Wildman–Crippen LogP) is 4.45. The van der Waals surface area contributed by atoms with Gasteiger partial charge in [-0.1, -0.05) is 19.4 Å². The number of nitrogens with one attached hydrogen (secondary N) is 2. The van der Waals surface area contributed by atoms with E-state index in [1.165, 1.54) is 11.1 Å². The van der Waals surface area contributed by atoms with Crippen molar-refractivity contribution >= 4 is 23.7 Å². The van der Waals surface area contributed by atoms with Crippen molar-refractivity contribution in [3.63, 3.8) is 0 Å². The zero-order valence-electron chi connectivity index (χ0n) is 19.3. The van der Waals surface area contributed by atoms with Gasteiger partial charge >= 0.3 is 6.09 Å². The topological polar surface area (TPSA) is 78.8 Å². The highest BCUT2D eigenvalue weighted by molar-refractivity contribution is 5.85. The third-order valence-corrected chi connectivity index (χ3v) is 4.68. The molecule has 0 aliphatic carbocycles. The summed E-state index contributed by atoms with van der Waals surface area (Å²) in [6, 6.07) is 4.18. The molecule has 0 fully saturated rings. The second kappa shape index (κ2) is 11.0. The van der Waals surface area contributed by atoms with Gasteiger partial charge in [0.05, 0.1) is 0 Å². The summed E-state index contributed by atoms with van der Waals surface area (Å²) < 4.78 is 5.23. The number of unbranched alkanes of at least 4 members (excludes halogenated alkanes) is 1. The molecule has 0 aromatic carbocycles. The summed E-state index contributed by atoms with van der Waals surface area (Å²) >= 11 is 0. The number of hydrogen-bond donors (Lipinski definition) is 2. The average molecular weight is 416 g/mol. The first-order chi connectivity index (χ1) is 14.2. The summed E-state index contributed by atoms with van der Waals surface area (Å²) in [6.45, 7) is 12.0. The highest BCUT2D eigenvalue weighted by atomic mass is 16.6. The molecule has 2 heterocycles. The number of aromatic nitrogens is 1. The molecule has 1 aliphatic rings. The summed E-state index contributed by atoms with van der Waals surface area (Å²) in [5.41, 5.74) is 3.03. The van der Waals surface area contributed by atoms with Gasteiger partial charge in [-0.3, -0.25) is 5.01 Å². The van der Waals surface area contributed by atoms with Crippen LogP contribution in [0, 0.1) is 12.8 Å². The Morgan fingerprint density at radius 3 is 2.70 bits per heavy atom. The third kappa shape index (κ3) is 7.69. The fourth-order valence-electron chi connectivity index (χ4n) is 3.29. The van der Waals surface area contributed by atoms with Gasteiger partial charge in [0, 0.05) is 44.5 Å². The van der Waals surface area contributed by atoms with Crippen LogP contribution in [0.15, 0.2) is 23.3 Å². The second-order valence-corrected chi connectivity index (χ2v) is 8.70. The Balaban J connectivity index is 1.89. The maximum absolute atomic E-state index is 11.7. The van der Waals surface area contributed by atoms with E-state index in [1.54, 1.807) is 0 Å². The Hall–Kier alpha value is -2.57. The number of ether oxygens (including phenoxy) is 1. The van der Waals surface area contributed by atoms with Crippen molar-refractivity contribution in [1.29, 1.82) is 0 Å². The van der Waals surface area contributed by atoms with Crippen LogP contribution in [-0.4, -0.2) is 54.6 Å². The number of aryl methyl sites for hydroxylation is 1.